The molecule has 0 fully saturated rings. The summed E-state index contributed by atoms with van der Waals surface area (Å²) in [6, 6.07) is 18.6. The minimum atomic E-state index is -0.877. The number of para-hydroxylation sites is 3. The molecule has 2 aliphatic heterocycles. The maximum atomic E-state index is 13.5. The van der Waals surface area contributed by atoms with Gasteiger partial charge in [-0.3, -0.25) is 19.2 Å². The van der Waals surface area contributed by atoms with E-state index in [0.29, 0.717) is 17.1 Å². The number of hydrogen-bond acceptors (Lipinski definition) is 5. The number of carbonyl (C=O) groups excluding carboxylic acids is 4. The van der Waals surface area contributed by atoms with Gasteiger partial charge in [-0.2, -0.15) is 0 Å². The van der Waals surface area contributed by atoms with Gasteiger partial charge < -0.3 is 15.0 Å². The second kappa shape index (κ2) is 8.15. The van der Waals surface area contributed by atoms with Crippen molar-refractivity contribution in [3.05, 3.63) is 89.0 Å². The van der Waals surface area contributed by atoms with Crippen molar-refractivity contribution >= 4 is 35.0 Å². The minimum Gasteiger partial charge on any atom is -0.477 e. The number of nitrogens with one attached hydrogen (secondary N) is 1. The van der Waals surface area contributed by atoms with Crippen molar-refractivity contribution in [2.45, 2.75) is 13.0 Å². The molecule has 3 aromatic carbocycles. The standard InChI is InChI=1S/C26H21N3O5/c1-15-7-3-4-8-19(15)29-25(32)17-12-11-16(13-18(17)26(29)33)24(31)28-14-22(23(30)27-2)34-21-10-6-5-9-20(21)28/h3-13,22H,14H2,1-2H3,(H,27,30). The summed E-state index contributed by atoms with van der Waals surface area (Å²) < 4.78 is 5.77. The molecule has 0 saturated heterocycles. The van der Waals surface area contributed by atoms with E-state index in [4.69, 9.17) is 4.74 Å². The highest BCUT2D eigenvalue weighted by Gasteiger charge is 2.39. The molecule has 0 aromatic heterocycles. The van der Waals surface area contributed by atoms with Crippen molar-refractivity contribution in [3.63, 3.8) is 0 Å². The van der Waals surface area contributed by atoms with Crippen LogP contribution in [0.15, 0.2) is 66.7 Å². The highest BCUT2D eigenvalue weighted by molar-refractivity contribution is 6.35. The number of imide groups is 1. The van der Waals surface area contributed by atoms with E-state index >= 15 is 0 Å². The van der Waals surface area contributed by atoms with E-state index in [-0.39, 0.29) is 29.1 Å². The van der Waals surface area contributed by atoms with Gasteiger partial charge in [0, 0.05) is 12.6 Å². The first kappa shape index (κ1) is 21.4. The number of likely N-dealkylation sites (N-methyl/N-ethyl adjacent to an activating group) is 1. The number of carbonyl (C=O) groups is 4. The number of amides is 4. The molecule has 1 N–H and O–H groups in total. The smallest absolute Gasteiger partial charge is 0.266 e. The second-order valence-corrected chi connectivity index (χ2v) is 8.10. The predicted molar refractivity (Wildman–Crippen MR) is 125 cm³/mol. The molecule has 170 valence electrons. The Balaban J connectivity index is 1.51. The van der Waals surface area contributed by atoms with Crippen molar-refractivity contribution in [1.29, 1.82) is 0 Å². The van der Waals surface area contributed by atoms with Crippen molar-refractivity contribution in [2.75, 3.05) is 23.4 Å². The van der Waals surface area contributed by atoms with Crippen molar-refractivity contribution in [2.24, 2.45) is 0 Å². The fourth-order valence-corrected chi connectivity index (χ4v) is 4.29. The lowest BCUT2D eigenvalue weighted by molar-refractivity contribution is -0.127. The molecule has 1 unspecified atom stereocenters. The Kier molecular flexibility index (Phi) is 5.13. The predicted octanol–water partition coefficient (Wildman–Crippen LogP) is 2.95. The quantitative estimate of drug-likeness (QED) is 0.613. The Bertz CT molecular complexity index is 1370. The maximum absolute atomic E-state index is 13.5. The Morgan fingerprint density at radius 2 is 1.59 bits per heavy atom. The van der Waals surface area contributed by atoms with Gasteiger partial charge in [0.25, 0.3) is 23.6 Å². The number of hydrogen-bond donors (Lipinski definition) is 1. The zero-order valence-corrected chi connectivity index (χ0v) is 18.6. The zero-order valence-electron chi connectivity index (χ0n) is 18.6. The van der Waals surface area contributed by atoms with Gasteiger partial charge in [0.05, 0.1) is 29.0 Å². The molecular weight excluding hydrogens is 434 g/mol. The van der Waals surface area contributed by atoms with E-state index < -0.39 is 23.8 Å². The third kappa shape index (κ3) is 3.31. The molecule has 0 aliphatic carbocycles. The Labute approximate surface area is 195 Å². The molecule has 2 heterocycles. The number of rotatable bonds is 3. The van der Waals surface area contributed by atoms with Crippen molar-refractivity contribution in [3.8, 4) is 5.75 Å². The molecule has 2 aliphatic rings. The molecule has 0 spiro atoms. The van der Waals surface area contributed by atoms with Gasteiger partial charge in [-0.25, -0.2) is 4.90 Å². The third-order valence-electron chi connectivity index (χ3n) is 6.05. The number of ether oxygens (including phenoxy) is 1. The van der Waals surface area contributed by atoms with Crippen LogP contribution in [0.4, 0.5) is 11.4 Å². The molecule has 8 heteroatoms. The number of fused-ring (bicyclic) bond motifs is 2. The molecule has 3 aromatic rings. The van der Waals surface area contributed by atoms with Gasteiger partial charge in [-0.1, -0.05) is 30.3 Å². The fourth-order valence-electron chi connectivity index (χ4n) is 4.29. The first-order chi connectivity index (χ1) is 16.4. The molecular formula is C26H21N3O5. The number of nitrogens with zero attached hydrogens (tertiary/aromatic N) is 2. The summed E-state index contributed by atoms with van der Waals surface area (Å²) in [5.41, 5.74) is 2.48. The lowest BCUT2D eigenvalue weighted by Crippen LogP contribution is -2.50. The van der Waals surface area contributed by atoms with Crippen molar-refractivity contribution in [1.82, 2.24) is 5.32 Å². The average Bonchev–Trinajstić information content (AvgIpc) is 3.11. The maximum Gasteiger partial charge on any atom is 0.266 e. The molecule has 0 bridgehead atoms. The van der Waals surface area contributed by atoms with Crippen LogP contribution in [0.25, 0.3) is 0 Å². The largest absolute Gasteiger partial charge is 0.477 e. The van der Waals surface area contributed by atoms with Crippen LogP contribution in [0.1, 0.15) is 36.6 Å². The fraction of sp³-hybridized carbons (Fsp3) is 0.154. The van der Waals surface area contributed by atoms with Crippen LogP contribution in [-0.2, 0) is 4.79 Å². The van der Waals surface area contributed by atoms with Crippen LogP contribution >= 0.6 is 0 Å². The highest BCUT2D eigenvalue weighted by Crippen LogP contribution is 2.35. The lowest BCUT2D eigenvalue weighted by atomic mass is 10.0. The van der Waals surface area contributed by atoms with Crippen LogP contribution in [-0.4, -0.2) is 43.3 Å². The molecule has 0 saturated carbocycles. The summed E-state index contributed by atoms with van der Waals surface area (Å²) in [4.78, 5) is 54.6. The summed E-state index contributed by atoms with van der Waals surface area (Å²) in [7, 11) is 1.50. The molecule has 0 radical (unpaired) electrons. The summed E-state index contributed by atoms with van der Waals surface area (Å²) in [5, 5.41) is 2.54. The van der Waals surface area contributed by atoms with E-state index in [1.54, 1.807) is 36.4 Å². The SMILES string of the molecule is CNC(=O)C1CN(C(=O)c2ccc3c(c2)C(=O)N(c2ccccc2C)C3=O)c2ccccc2O1. The monoisotopic (exact) mass is 455 g/mol. The minimum absolute atomic E-state index is 0.00875. The van der Waals surface area contributed by atoms with Gasteiger partial charge in [-0.15, -0.1) is 0 Å². The number of benzene rings is 3. The van der Waals surface area contributed by atoms with Crippen LogP contribution in [0.5, 0.6) is 5.75 Å². The van der Waals surface area contributed by atoms with Gasteiger partial charge >= 0.3 is 0 Å². The first-order valence-corrected chi connectivity index (χ1v) is 10.8. The Morgan fingerprint density at radius 3 is 2.32 bits per heavy atom. The summed E-state index contributed by atoms with van der Waals surface area (Å²) >= 11 is 0. The summed E-state index contributed by atoms with van der Waals surface area (Å²) in [6.45, 7) is 1.83. The van der Waals surface area contributed by atoms with E-state index in [2.05, 4.69) is 5.32 Å². The summed E-state index contributed by atoms with van der Waals surface area (Å²) in [6.07, 6.45) is -0.877. The third-order valence-corrected chi connectivity index (χ3v) is 6.05. The lowest BCUT2D eigenvalue weighted by Gasteiger charge is -2.34. The Morgan fingerprint density at radius 1 is 0.912 bits per heavy atom. The normalized spacial score (nSPS) is 16.6. The first-order valence-electron chi connectivity index (χ1n) is 10.8. The number of anilines is 2. The van der Waals surface area contributed by atoms with E-state index in [0.717, 1.165) is 10.5 Å². The molecule has 1 atom stereocenters. The van der Waals surface area contributed by atoms with E-state index in [9.17, 15) is 19.2 Å². The van der Waals surface area contributed by atoms with Gasteiger partial charge in [0.1, 0.15) is 5.75 Å². The van der Waals surface area contributed by atoms with Crippen LogP contribution in [0, 0.1) is 6.92 Å². The second-order valence-electron chi connectivity index (χ2n) is 8.10. The topological polar surface area (TPSA) is 96.0 Å². The van der Waals surface area contributed by atoms with Crippen LogP contribution in [0.3, 0.4) is 0 Å². The zero-order chi connectivity index (χ0) is 24.0. The van der Waals surface area contributed by atoms with E-state index in [1.165, 1.54) is 30.1 Å². The molecule has 8 nitrogen and oxygen atoms in total. The van der Waals surface area contributed by atoms with Gasteiger partial charge in [0.2, 0.25) is 0 Å². The van der Waals surface area contributed by atoms with Gasteiger partial charge in [-0.05, 0) is 48.9 Å². The van der Waals surface area contributed by atoms with Crippen LogP contribution < -0.4 is 19.9 Å². The average molecular weight is 455 g/mol. The van der Waals surface area contributed by atoms with E-state index in [1.807, 2.05) is 19.1 Å². The molecule has 34 heavy (non-hydrogen) atoms. The number of aryl methyl sites for hydroxylation is 1. The molecule has 4 amide bonds. The van der Waals surface area contributed by atoms with Gasteiger partial charge in [0.15, 0.2) is 6.10 Å². The van der Waals surface area contributed by atoms with Crippen molar-refractivity contribution < 1.29 is 23.9 Å². The van der Waals surface area contributed by atoms with Crippen LogP contribution in [0.2, 0.25) is 0 Å². The summed E-state index contributed by atoms with van der Waals surface area (Å²) in [5.74, 6) is -1.24. The molecule has 5 rings (SSSR count). The highest BCUT2D eigenvalue weighted by atomic mass is 16.5. The Hall–Kier alpha value is -4.46.